The first-order valence-electron chi connectivity index (χ1n) is 6.95. The third-order valence-electron chi connectivity index (χ3n) is 4.13. The van der Waals surface area contributed by atoms with E-state index in [0.717, 1.165) is 6.07 Å². The number of carbonyl (C=O) groups is 2. The Morgan fingerprint density at radius 1 is 1.13 bits per heavy atom. The predicted octanol–water partition coefficient (Wildman–Crippen LogP) is 2.96. The minimum Gasteiger partial charge on any atom is -0.481 e. The Bertz CT molecular complexity index is 806. The molecule has 2 aromatic rings. The number of rotatable bonds is 2. The zero-order valence-corrected chi connectivity index (χ0v) is 12.2. The first kappa shape index (κ1) is 15.1. The van der Waals surface area contributed by atoms with E-state index in [1.807, 2.05) is 0 Å². The summed E-state index contributed by atoms with van der Waals surface area (Å²) in [5.41, 5.74) is 0.585. The van der Waals surface area contributed by atoms with Gasteiger partial charge < -0.3 is 10.0 Å². The predicted molar refractivity (Wildman–Crippen MR) is 78.0 cm³/mol. The van der Waals surface area contributed by atoms with Crippen LogP contribution < -0.4 is 0 Å². The number of amides is 1. The molecule has 1 aliphatic rings. The highest BCUT2D eigenvalue weighted by Crippen LogP contribution is 2.42. The highest BCUT2D eigenvalue weighted by molar-refractivity contribution is 6.00. The number of fused-ring (bicyclic) bond motifs is 1. The van der Waals surface area contributed by atoms with E-state index in [2.05, 4.69) is 0 Å². The maximum absolute atomic E-state index is 14.2. The van der Waals surface area contributed by atoms with Crippen LogP contribution in [-0.4, -0.2) is 28.9 Å². The molecule has 2 unspecified atom stereocenters. The van der Waals surface area contributed by atoms with Crippen LogP contribution in [0.4, 0.5) is 8.78 Å². The van der Waals surface area contributed by atoms with Crippen LogP contribution in [-0.2, 0) is 4.79 Å². The molecule has 6 heteroatoms. The molecular formula is C17H13F2NO3. The zero-order chi connectivity index (χ0) is 16.7. The fraction of sp³-hybridized carbons (Fsp3) is 0.176. The summed E-state index contributed by atoms with van der Waals surface area (Å²) >= 11 is 0. The largest absolute Gasteiger partial charge is 0.481 e. The standard InChI is InChI=1S/C17H13F2NO3/c1-20-15(12-7-6-9(18)8-13(12)19)14(17(22)23)10-4-2-3-5-11(10)16(20)21/h2-8,14-15H,1H3,(H,22,23). The Balaban J connectivity index is 2.23. The van der Waals surface area contributed by atoms with Gasteiger partial charge in [-0.1, -0.05) is 24.3 Å². The Morgan fingerprint density at radius 2 is 1.83 bits per heavy atom. The van der Waals surface area contributed by atoms with Gasteiger partial charge in [-0.2, -0.15) is 0 Å². The molecule has 0 aromatic heterocycles. The van der Waals surface area contributed by atoms with Crippen LogP contribution in [0.15, 0.2) is 42.5 Å². The molecule has 4 nitrogen and oxygen atoms in total. The molecule has 0 fully saturated rings. The minimum absolute atomic E-state index is 0.0239. The average Bonchev–Trinajstić information content (AvgIpc) is 2.51. The van der Waals surface area contributed by atoms with Gasteiger partial charge in [0.25, 0.3) is 5.91 Å². The molecule has 0 aliphatic carbocycles. The Kier molecular flexibility index (Phi) is 3.60. The number of hydrogen-bond donors (Lipinski definition) is 1. The fourth-order valence-electron chi connectivity index (χ4n) is 3.07. The van der Waals surface area contributed by atoms with Gasteiger partial charge in [0.2, 0.25) is 0 Å². The number of aliphatic carboxylic acids is 1. The highest BCUT2D eigenvalue weighted by atomic mass is 19.1. The minimum atomic E-state index is -1.18. The van der Waals surface area contributed by atoms with E-state index >= 15 is 0 Å². The van der Waals surface area contributed by atoms with Crippen molar-refractivity contribution < 1.29 is 23.5 Å². The number of halogens is 2. The second-order valence-corrected chi connectivity index (χ2v) is 5.43. The number of benzene rings is 2. The van der Waals surface area contributed by atoms with Crippen LogP contribution in [0, 0.1) is 11.6 Å². The molecule has 118 valence electrons. The zero-order valence-electron chi connectivity index (χ0n) is 12.2. The first-order valence-corrected chi connectivity index (χ1v) is 6.95. The van der Waals surface area contributed by atoms with Gasteiger partial charge >= 0.3 is 5.97 Å². The molecule has 0 radical (unpaired) electrons. The van der Waals surface area contributed by atoms with Crippen LogP contribution >= 0.6 is 0 Å². The number of carboxylic acid groups (broad SMARTS) is 1. The van der Waals surface area contributed by atoms with Crippen molar-refractivity contribution in [3.63, 3.8) is 0 Å². The van der Waals surface area contributed by atoms with Crippen LogP contribution in [0.3, 0.4) is 0 Å². The molecule has 3 rings (SSSR count). The Hall–Kier alpha value is -2.76. The van der Waals surface area contributed by atoms with Crippen LogP contribution in [0.25, 0.3) is 0 Å². The Labute approximate surface area is 131 Å². The Morgan fingerprint density at radius 3 is 2.48 bits per heavy atom. The molecule has 0 spiro atoms. The van der Waals surface area contributed by atoms with Gasteiger partial charge in [0.05, 0.1) is 6.04 Å². The second-order valence-electron chi connectivity index (χ2n) is 5.43. The van der Waals surface area contributed by atoms with Crippen molar-refractivity contribution in [2.24, 2.45) is 0 Å². The summed E-state index contributed by atoms with van der Waals surface area (Å²) in [6, 6.07) is 8.24. The number of hydrogen-bond acceptors (Lipinski definition) is 2. The lowest BCUT2D eigenvalue weighted by Gasteiger charge is -2.38. The summed E-state index contributed by atoms with van der Waals surface area (Å²) in [6.45, 7) is 0. The lowest BCUT2D eigenvalue weighted by atomic mass is 9.80. The number of carboxylic acids is 1. The van der Waals surface area contributed by atoms with Crippen molar-refractivity contribution in [1.29, 1.82) is 0 Å². The van der Waals surface area contributed by atoms with Gasteiger partial charge in [0.1, 0.15) is 17.6 Å². The third-order valence-corrected chi connectivity index (χ3v) is 4.13. The molecule has 23 heavy (non-hydrogen) atoms. The summed E-state index contributed by atoms with van der Waals surface area (Å²) in [4.78, 5) is 25.5. The van der Waals surface area contributed by atoms with E-state index in [0.29, 0.717) is 11.6 Å². The average molecular weight is 317 g/mol. The lowest BCUT2D eigenvalue weighted by molar-refractivity contribution is -0.140. The quantitative estimate of drug-likeness (QED) is 0.926. The number of nitrogens with zero attached hydrogens (tertiary/aromatic N) is 1. The third kappa shape index (κ3) is 2.36. The first-order chi connectivity index (χ1) is 10.9. The van der Waals surface area contributed by atoms with Gasteiger partial charge in [0.15, 0.2) is 0 Å². The lowest BCUT2D eigenvalue weighted by Crippen LogP contribution is -2.42. The number of carbonyl (C=O) groups excluding carboxylic acids is 1. The maximum Gasteiger partial charge on any atom is 0.313 e. The van der Waals surface area contributed by atoms with E-state index in [9.17, 15) is 23.5 Å². The van der Waals surface area contributed by atoms with Gasteiger partial charge in [-0.05, 0) is 17.7 Å². The summed E-state index contributed by atoms with van der Waals surface area (Å²) in [6.07, 6.45) is 0. The van der Waals surface area contributed by atoms with E-state index in [-0.39, 0.29) is 11.1 Å². The van der Waals surface area contributed by atoms with E-state index < -0.39 is 35.5 Å². The van der Waals surface area contributed by atoms with Crippen molar-refractivity contribution >= 4 is 11.9 Å². The van der Waals surface area contributed by atoms with Gasteiger partial charge in [-0.3, -0.25) is 9.59 Å². The maximum atomic E-state index is 14.2. The molecule has 1 N–H and O–H groups in total. The monoisotopic (exact) mass is 317 g/mol. The highest BCUT2D eigenvalue weighted by Gasteiger charge is 2.43. The van der Waals surface area contributed by atoms with Gasteiger partial charge in [0, 0.05) is 24.2 Å². The van der Waals surface area contributed by atoms with Crippen molar-refractivity contribution in [3.8, 4) is 0 Å². The van der Waals surface area contributed by atoms with Crippen molar-refractivity contribution in [2.75, 3.05) is 7.05 Å². The van der Waals surface area contributed by atoms with E-state index in [1.54, 1.807) is 24.3 Å². The fourth-order valence-corrected chi connectivity index (χ4v) is 3.07. The molecule has 0 saturated heterocycles. The summed E-state index contributed by atoms with van der Waals surface area (Å²) in [7, 11) is 1.42. The van der Waals surface area contributed by atoms with E-state index in [1.165, 1.54) is 18.0 Å². The van der Waals surface area contributed by atoms with Crippen molar-refractivity contribution in [1.82, 2.24) is 4.90 Å². The molecule has 0 bridgehead atoms. The normalized spacial score (nSPS) is 20.3. The smallest absolute Gasteiger partial charge is 0.313 e. The number of likely N-dealkylation sites (N-methyl/N-ethyl adjacent to an activating group) is 1. The van der Waals surface area contributed by atoms with E-state index in [4.69, 9.17) is 0 Å². The van der Waals surface area contributed by atoms with Crippen LogP contribution in [0.2, 0.25) is 0 Å². The van der Waals surface area contributed by atoms with Crippen LogP contribution in [0.5, 0.6) is 0 Å². The molecule has 1 heterocycles. The van der Waals surface area contributed by atoms with Gasteiger partial charge in [-0.15, -0.1) is 0 Å². The SMILES string of the molecule is CN1C(=O)c2ccccc2C(C(=O)O)C1c1ccc(F)cc1F. The van der Waals surface area contributed by atoms with Crippen molar-refractivity contribution in [2.45, 2.75) is 12.0 Å². The summed E-state index contributed by atoms with van der Waals surface area (Å²) in [5, 5.41) is 9.63. The molecule has 2 aromatic carbocycles. The molecule has 1 amide bonds. The van der Waals surface area contributed by atoms with Crippen molar-refractivity contribution in [3.05, 3.63) is 70.8 Å². The molecule has 1 aliphatic heterocycles. The molecule has 0 saturated carbocycles. The van der Waals surface area contributed by atoms with Crippen LogP contribution in [0.1, 0.15) is 33.4 Å². The topological polar surface area (TPSA) is 57.6 Å². The second kappa shape index (κ2) is 5.46. The summed E-state index contributed by atoms with van der Waals surface area (Å²) in [5.74, 6) is -4.34. The summed E-state index contributed by atoms with van der Waals surface area (Å²) < 4.78 is 27.3. The molecular weight excluding hydrogens is 304 g/mol. The molecule has 2 atom stereocenters. The van der Waals surface area contributed by atoms with Gasteiger partial charge in [-0.25, -0.2) is 8.78 Å².